The van der Waals surface area contributed by atoms with Crippen molar-refractivity contribution >= 4 is 0 Å². The molecule has 0 radical (unpaired) electrons. The summed E-state index contributed by atoms with van der Waals surface area (Å²) >= 11 is 0. The van der Waals surface area contributed by atoms with E-state index in [1.165, 1.54) is 6.92 Å². The molecule has 0 spiro atoms. The Morgan fingerprint density at radius 1 is 0.765 bits per heavy atom. The first-order valence-electron chi connectivity index (χ1n) is 5.66. The van der Waals surface area contributed by atoms with Crippen LogP contribution in [0.1, 0.15) is 34.1 Å². The zero-order valence-corrected chi connectivity index (χ0v) is 11.1. The minimum atomic E-state index is -0.593. The SMILES string of the molecule is CC(O)C(C)O.CC(O)CO.CCC(O)CO. The summed E-state index contributed by atoms with van der Waals surface area (Å²) in [4.78, 5) is 0. The van der Waals surface area contributed by atoms with E-state index in [-0.39, 0.29) is 13.2 Å². The molecule has 0 aromatic heterocycles. The lowest BCUT2D eigenvalue weighted by Crippen LogP contribution is -2.17. The van der Waals surface area contributed by atoms with Crippen LogP contribution >= 0.6 is 0 Å². The first-order valence-corrected chi connectivity index (χ1v) is 5.66. The van der Waals surface area contributed by atoms with Crippen molar-refractivity contribution in [2.45, 2.75) is 58.5 Å². The molecule has 0 saturated carbocycles. The fourth-order valence-corrected chi connectivity index (χ4v) is 0.129. The highest BCUT2D eigenvalue weighted by Crippen LogP contribution is 1.85. The molecule has 0 amide bonds. The molecule has 4 unspecified atom stereocenters. The van der Waals surface area contributed by atoms with Gasteiger partial charge in [-0.3, -0.25) is 0 Å². The van der Waals surface area contributed by atoms with Gasteiger partial charge in [-0.1, -0.05) is 6.92 Å². The van der Waals surface area contributed by atoms with Crippen molar-refractivity contribution in [1.82, 2.24) is 0 Å². The van der Waals surface area contributed by atoms with E-state index in [0.717, 1.165) is 0 Å². The Morgan fingerprint density at radius 3 is 1.06 bits per heavy atom. The van der Waals surface area contributed by atoms with Gasteiger partial charge in [0, 0.05) is 0 Å². The highest BCUT2D eigenvalue weighted by molar-refractivity contribution is 4.51. The fraction of sp³-hybridized carbons (Fsp3) is 1.00. The Kier molecular flexibility index (Phi) is 20.4. The fourth-order valence-electron chi connectivity index (χ4n) is 0.129. The van der Waals surface area contributed by atoms with Crippen LogP contribution in [0.5, 0.6) is 0 Å². The van der Waals surface area contributed by atoms with Crippen LogP contribution in [-0.2, 0) is 0 Å². The lowest BCUT2D eigenvalue weighted by Gasteiger charge is -2.03. The van der Waals surface area contributed by atoms with Crippen molar-refractivity contribution in [3.63, 3.8) is 0 Å². The van der Waals surface area contributed by atoms with Gasteiger partial charge in [0.1, 0.15) is 0 Å². The second-order valence-corrected chi connectivity index (χ2v) is 3.76. The Hall–Kier alpha value is -0.240. The summed E-state index contributed by atoms with van der Waals surface area (Å²) in [7, 11) is 0. The average molecular weight is 256 g/mol. The molecule has 0 aromatic rings. The molecule has 0 heterocycles. The van der Waals surface area contributed by atoms with Gasteiger partial charge in [-0.15, -0.1) is 0 Å². The topological polar surface area (TPSA) is 121 Å². The van der Waals surface area contributed by atoms with Crippen molar-refractivity contribution in [1.29, 1.82) is 0 Å². The summed E-state index contributed by atoms with van der Waals surface area (Å²) < 4.78 is 0. The van der Waals surface area contributed by atoms with E-state index in [4.69, 9.17) is 30.6 Å². The molecule has 6 heteroatoms. The lowest BCUT2D eigenvalue weighted by atomic mass is 10.3. The minimum absolute atomic E-state index is 0.115. The van der Waals surface area contributed by atoms with Crippen LogP contribution in [0.3, 0.4) is 0 Å². The third kappa shape index (κ3) is 31.3. The van der Waals surface area contributed by atoms with E-state index in [1.54, 1.807) is 13.8 Å². The van der Waals surface area contributed by atoms with Crippen molar-refractivity contribution in [2.75, 3.05) is 13.2 Å². The Morgan fingerprint density at radius 2 is 1.06 bits per heavy atom. The van der Waals surface area contributed by atoms with Crippen molar-refractivity contribution in [2.24, 2.45) is 0 Å². The van der Waals surface area contributed by atoms with Crippen LogP contribution in [0.4, 0.5) is 0 Å². The summed E-state index contributed by atoms with van der Waals surface area (Å²) in [5, 5.41) is 49.3. The zero-order chi connectivity index (χ0) is 14.4. The molecule has 0 rings (SSSR count). The van der Waals surface area contributed by atoms with E-state index < -0.39 is 24.4 Å². The molecule has 17 heavy (non-hydrogen) atoms. The van der Waals surface area contributed by atoms with Gasteiger partial charge in [0.2, 0.25) is 0 Å². The van der Waals surface area contributed by atoms with Crippen LogP contribution in [0.25, 0.3) is 0 Å². The average Bonchev–Trinajstić information content (AvgIpc) is 2.29. The van der Waals surface area contributed by atoms with Gasteiger partial charge in [-0.05, 0) is 27.2 Å². The van der Waals surface area contributed by atoms with E-state index in [9.17, 15) is 0 Å². The molecule has 0 fully saturated rings. The van der Waals surface area contributed by atoms with Crippen molar-refractivity contribution in [3.8, 4) is 0 Å². The minimum Gasteiger partial charge on any atom is -0.394 e. The molecule has 0 aliphatic heterocycles. The van der Waals surface area contributed by atoms with Crippen molar-refractivity contribution in [3.05, 3.63) is 0 Å². The van der Waals surface area contributed by atoms with Crippen LogP contribution in [0.2, 0.25) is 0 Å². The molecule has 0 aliphatic carbocycles. The van der Waals surface area contributed by atoms with Gasteiger partial charge in [0.25, 0.3) is 0 Å². The van der Waals surface area contributed by atoms with Gasteiger partial charge in [-0.25, -0.2) is 0 Å². The number of aliphatic hydroxyl groups is 6. The van der Waals surface area contributed by atoms with Crippen LogP contribution in [0.15, 0.2) is 0 Å². The second kappa shape index (κ2) is 15.8. The van der Waals surface area contributed by atoms with E-state index in [2.05, 4.69) is 0 Å². The summed E-state index contributed by atoms with van der Waals surface area (Å²) in [6, 6.07) is 0. The number of hydrogen-bond acceptors (Lipinski definition) is 6. The first kappa shape index (κ1) is 22.0. The third-order valence-corrected chi connectivity index (χ3v) is 1.64. The number of rotatable bonds is 4. The highest BCUT2D eigenvalue weighted by Gasteiger charge is 1.99. The highest BCUT2D eigenvalue weighted by atomic mass is 16.3. The predicted molar refractivity (Wildman–Crippen MR) is 65.5 cm³/mol. The van der Waals surface area contributed by atoms with Crippen molar-refractivity contribution < 1.29 is 30.6 Å². The molecule has 4 atom stereocenters. The Balaban J connectivity index is -0.000000174. The zero-order valence-electron chi connectivity index (χ0n) is 11.1. The maximum Gasteiger partial charge on any atom is 0.0768 e. The van der Waals surface area contributed by atoms with E-state index in [1.807, 2.05) is 6.92 Å². The third-order valence-electron chi connectivity index (χ3n) is 1.64. The molecule has 6 N–H and O–H groups in total. The summed E-state index contributed by atoms with van der Waals surface area (Å²) in [5.74, 6) is 0. The standard InChI is InChI=1S/2C4H10O2.C3H8O2/c1-3(5)4(2)6;1-2-4(6)3-5;1-3(5)2-4/h3-6H,1-2H3;4-6H,2-3H2,1H3;3-5H,2H2,1H3. The Bertz CT molecular complexity index is 117. The van der Waals surface area contributed by atoms with E-state index in [0.29, 0.717) is 6.42 Å². The van der Waals surface area contributed by atoms with Gasteiger partial charge in [-0.2, -0.15) is 0 Å². The maximum absolute atomic E-state index is 8.42. The predicted octanol–water partition coefficient (Wildman–Crippen LogP) is -1.14. The molecular weight excluding hydrogens is 228 g/mol. The molecule has 0 aromatic carbocycles. The molecule has 108 valence electrons. The molecular formula is C11H28O6. The summed E-state index contributed by atoms with van der Waals surface area (Å²) in [6.45, 7) is 6.19. The summed E-state index contributed by atoms with van der Waals surface area (Å²) in [6.07, 6.45) is -1.62. The monoisotopic (exact) mass is 256 g/mol. The van der Waals surface area contributed by atoms with Gasteiger partial charge < -0.3 is 30.6 Å². The van der Waals surface area contributed by atoms with Crippen LogP contribution in [0, 0.1) is 0 Å². The number of hydrogen-bond donors (Lipinski definition) is 6. The lowest BCUT2D eigenvalue weighted by molar-refractivity contribution is 0.0438. The van der Waals surface area contributed by atoms with Gasteiger partial charge in [0.15, 0.2) is 0 Å². The largest absolute Gasteiger partial charge is 0.394 e. The molecule has 0 aliphatic rings. The summed E-state index contributed by atoms with van der Waals surface area (Å²) in [5.41, 5.74) is 0. The number of aliphatic hydroxyl groups excluding tert-OH is 6. The second-order valence-electron chi connectivity index (χ2n) is 3.76. The van der Waals surface area contributed by atoms with E-state index >= 15 is 0 Å². The normalized spacial score (nSPS) is 16.6. The quantitative estimate of drug-likeness (QED) is 0.378. The van der Waals surface area contributed by atoms with Crippen LogP contribution in [-0.4, -0.2) is 68.3 Å². The van der Waals surface area contributed by atoms with Crippen LogP contribution < -0.4 is 0 Å². The van der Waals surface area contributed by atoms with Gasteiger partial charge >= 0.3 is 0 Å². The van der Waals surface area contributed by atoms with Gasteiger partial charge in [0.05, 0.1) is 37.6 Å². The first-order chi connectivity index (χ1) is 7.72. The molecule has 0 saturated heterocycles. The smallest absolute Gasteiger partial charge is 0.0768 e. The molecule has 0 bridgehead atoms. The Labute approximate surface area is 103 Å². The maximum atomic E-state index is 8.42. The molecule has 6 nitrogen and oxygen atoms in total.